The first-order chi connectivity index (χ1) is 9.58. The summed E-state index contributed by atoms with van der Waals surface area (Å²) in [5, 5.41) is 7.59. The number of carbonyl (C=O) groups is 1. The summed E-state index contributed by atoms with van der Waals surface area (Å²) in [4.78, 5) is 19.1. The molecule has 1 saturated heterocycles. The first-order valence-corrected chi connectivity index (χ1v) is 6.93. The standard InChI is InChI=1S/C14H19N5O/c1-9-4-6-19-13(17-9)12(8-16-19)14(20)18-7-5-15-10(2)11(18)3/h4,6,8,10-11,15H,5,7H2,1-3H3. The van der Waals surface area contributed by atoms with Crippen LogP contribution >= 0.6 is 0 Å². The van der Waals surface area contributed by atoms with Crippen molar-refractivity contribution in [1.82, 2.24) is 24.8 Å². The number of carbonyl (C=O) groups excluding carboxylic acids is 1. The van der Waals surface area contributed by atoms with Crippen LogP contribution in [-0.4, -0.2) is 50.6 Å². The minimum absolute atomic E-state index is 0.0129. The third-order valence-corrected chi connectivity index (χ3v) is 4.03. The number of nitrogens with zero attached hydrogens (tertiary/aromatic N) is 4. The number of aromatic nitrogens is 3. The van der Waals surface area contributed by atoms with Crippen molar-refractivity contribution in [3.63, 3.8) is 0 Å². The zero-order chi connectivity index (χ0) is 14.3. The number of fused-ring (bicyclic) bond motifs is 1. The molecule has 0 spiro atoms. The van der Waals surface area contributed by atoms with E-state index in [1.807, 2.05) is 24.1 Å². The van der Waals surface area contributed by atoms with Gasteiger partial charge in [0.25, 0.3) is 5.91 Å². The summed E-state index contributed by atoms with van der Waals surface area (Å²) in [6.07, 6.45) is 3.45. The number of hydrogen-bond donors (Lipinski definition) is 1. The van der Waals surface area contributed by atoms with Crippen molar-refractivity contribution in [3.8, 4) is 0 Å². The molecule has 2 atom stereocenters. The number of amides is 1. The van der Waals surface area contributed by atoms with Crippen molar-refractivity contribution < 1.29 is 4.79 Å². The van der Waals surface area contributed by atoms with Crippen LogP contribution in [0, 0.1) is 6.92 Å². The fourth-order valence-corrected chi connectivity index (χ4v) is 2.61. The van der Waals surface area contributed by atoms with Gasteiger partial charge in [-0.2, -0.15) is 5.10 Å². The quantitative estimate of drug-likeness (QED) is 0.837. The largest absolute Gasteiger partial charge is 0.333 e. The number of nitrogens with one attached hydrogen (secondary N) is 1. The molecule has 6 nitrogen and oxygen atoms in total. The topological polar surface area (TPSA) is 62.5 Å². The summed E-state index contributed by atoms with van der Waals surface area (Å²) >= 11 is 0. The second-order valence-electron chi connectivity index (χ2n) is 5.38. The molecule has 1 N–H and O–H groups in total. The van der Waals surface area contributed by atoms with Gasteiger partial charge in [-0.05, 0) is 26.8 Å². The maximum atomic E-state index is 12.7. The van der Waals surface area contributed by atoms with Gasteiger partial charge in [-0.15, -0.1) is 0 Å². The lowest BCUT2D eigenvalue weighted by molar-refractivity contribution is 0.0604. The summed E-state index contributed by atoms with van der Waals surface area (Å²) in [5.41, 5.74) is 2.09. The number of aryl methyl sites for hydroxylation is 1. The van der Waals surface area contributed by atoms with E-state index in [1.54, 1.807) is 10.7 Å². The molecule has 3 rings (SSSR count). The van der Waals surface area contributed by atoms with E-state index in [4.69, 9.17) is 0 Å². The highest BCUT2D eigenvalue weighted by Crippen LogP contribution is 2.16. The minimum atomic E-state index is 0.0129. The number of rotatable bonds is 1. The lowest BCUT2D eigenvalue weighted by atomic mass is 10.1. The number of hydrogen-bond acceptors (Lipinski definition) is 4. The van der Waals surface area contributed by atoms with Crippen molar-refractivity contribution in [2.75, 3.05) is 13.1 Å². The summed E-state index contributed by atoms with van der Waals surface area (Å²) in [6.45, 7) is 7.62. The van der Waals surface area contributed by atoms with Gasteiger partial charge in [0.05, 0.1) is 6.20 Å². The molecule has 20 heavy (non-hydrogen) atoms. The van der Waals surface area contributed by atoms with Crippen LogP contribution in [0.1, 0.15) is 29.9 Å². The third kappa shape index (κ3) is 2.06. The highest BCUT2D eigenvalue weighted by atomic mass is 16.2. The van der Waals surface area contributed by atoms with Crippen LogP contribution < -0.4 is 5.32 Å². The molecular weight excluding hydrogens is 254 g/mol. The molecule has 1 fully saturated rings. The van der Waals surface area contributed by atoms with E-state index in [1.165, 1.54) is 0 Å². The van der Waals surface area contributed by atoms with E-state index in [0.29, 0.717) is 23.8 Å². The molecule has 0 radical (unpaired) electrons. The molecule has 0 saturated carbocycles. The van der Waals surface area contributed by atoms with Gasteiger partial charge >= 0.3 is 0 Å². The molecule has 6 heteroatoms. The zero-order valence-electron chi connectivity index (χ0n) is 12.0. The van der Waals surface area contributed by atoms with Gasteiger partial charge in [-0.1, -0.05) is 0 Å². The Morgan fingerprint density at radius 2 is 2.25 bits per heavy atom. The van der Waals surface area contributed by atoms with Crippen LogP contribution in [0.2, 0.25) is 0 Å². The highest BCUT2D eigenvalue weighted by molar-refractivity contribution is 5.99. The Balaban J connectivity index is 1.98. The lowest BCUT2D eigenvalue weighted by Crippen LogP contribution is -2.57. The Hall–Kier alpha value is -1.95. The van der Waals surface area contributed by atoms with Gasteiger partial charge < -0.3 is 10.2 Å². The third-order valence-electron chi connectivity index (χ3n) is 4.03. The SMILES string of the molecule is Cc1ccn2ncc(C(=O)N3CCNC(C)C3C)c2n1. The minimum Gasteiger partial charge on any atom is -0.333 e. The molecular formula is C14H19N5O. The molecule has 1 aliphatic heterocycles. The molecule has 106 valence electrons. The monoisotopic (exact) mass is 273 g/mol. The summed E-state index contributed by atoms with van der Waals surface area (Å²) in [7, 11) is 0. The Labute approximate surface area is 117 Å². The Morgan fingerprint density at radius 1 is 1.45 bits per heavy atom. The van der Waals surface area contributed by atoms with E-state index in [9.17, 15) is 4.79 Å². The van der Waals surface area contributed by atoms with E-state index in [2.05, 4.69) is 29.2 Å². The average molecular weight is 273 g/mol. The Morgan fingerprint density at radius 3 is 3.05 bits per heavy atom. The zero-order valence-corrected chi connectivity index (χ0v) is 12.0. The second kappa shape index (κ2) is 4.86. The van der Waals surface area contributed by atoms with Gasteiger partial charge in [-0.3, -0.25) is 4.79 Å². The fourth-order valence-electron chi connectivity index (χ4n) is 2.61. The van der Waals surface area contributed by atoms with E-state index < -0.39 is 0 Å². The van der Waals surface area contributed by atoms with Gasteiger partial charge in [0.15, 0.2) is 5.65 Å². The Kier molecular flexibility index (Phi) is 3.17. The van der Waals surface area contributed by atoms with E-state index >= 15 is 0 Å². The van der Waals surface area contributed by atoms with Gasteiger partial charge in [0, 0.05) is 37.1 Å². The fraction of sp³-hybridized carbons (Fsp3) is 0.500. The maximum Gasteiger partial charge on any atom is 0.259 e. The molecule has 2 aromatic heterocycles. The molecule has 0 bridgehead atoms. The normalized spacial score (nSPS) is 23.2. The molecule has 0 aromatic carbocycles. The maximum absolute atomic E-state index is 12.7. The van der Waals surface area contributed by atoms with Crippen molar-refractivity contribution in [3.05, 3.63) is 29.7 Å². The predicted molar refractivity (Wildman–Crippen MR) is 75.7 cm³/mol. The second-order valence-corrected chi connectivity index (χ2v) is 5.38. The summed E-state index contributed by atoms with van der Waals surface area (Å²) < 4.78 is 1.65. The van der Waals surface area contributed by atoms with Crippen molar-refractivity contribution in [2.45, 2.75) is 32.9 Å². The smallest absolute Gasteiger partial charge is 0.259 e. The van der Waals surface area contributed by atoms with E-state index in [-0.39, 0.29) is 11.9 Å². The number of piperazine rings is 1. The first-order valence-electron chi connectivity index (χ1n) is 6.93. The molecule has 2 unspecified atom stereocenters. The molecule has 0 aliphatic carbocycles. The van der Waals surface area contributed by atoms with Crippen LogP contribution in [0.3, 0.4) is 0 Å². The summed E-state index contributed by atoms with van der Waals surface area (Å²) in [6, 6.07) is 2.34. The Bertz CT molecular complexity index is 650. The molecule has 1 aliphatic rings. The van der Waals surface area contributed by atoms with Crippen LogP contribution in [-0.2, 0) is 0 Å². The lowest BCUT2D eigenvalue weighted by Gasteiger charge is -2.38. The highest BCUT2D eigenvalue weighted by Gasteiger charge is 2.30. The van der Waals surface area contributed by atoms with Crippen molar-refractivity contribution in [1.29, 1.82) is 0 Å². The van der Waals surface area contributed by atoms with Crippen LogP contribution in [0.4, 0.5) is 0 Å². The summed E-state index contributed by atoms with van der Waals surface area (Å²) in [5.74, 6) is 0.0129. The first kappa shape index (κ1) is 13.1. The van der Waals surface area contributed by atoms with Gasteiger partial charge in [0.2, 0.25) is 0 Å². The predicted octanol–water partition coefficient (Wildman–Crippen LogP) is 0.860. The molecule has 3 heterocycles. The van der Waals surface area contributed by atoms with Crippen molar-refractivity contribution >= 4 is 11.6 Å². The average Bonchev–Trinajstić information content (AvgIpc) is 2.84. The van der Waals surface area contributed by atoms with Crippen LogP contribution in [0.15, 0.2) is 18.5 Å². The van der Waals surface area contributed by atoms with E-state index in [0.717, 1.165) is 12.2 Å². The van der Waals surface area contributed by atoms with Crippen LogP contribution in [0.25, 0.3) is 5.65 Å². The van der Waals surface area contributed by atoms with Crippen LogP contribution in [0.5, 0.6) is 0 Å². The molecule has 2 aromatic rings. The molecule has 1 amide bonds. The van der Waals surface area contributed by atoms with Gasteiger partial charge in [0.1, 0.15) is 5.56 Å². The van der Waals surface area contributed by atoms with Crippen molar-refractivity contribution in [2.24, 2.45) is 0 Å². The van der Waals surface area contributed by atoms with Gasteiger partial charge in [-0.25, -0.2) is 9.50 Å².